The molecule has 1 N–H and O–H groups in total. The molecule has 1 heterocycles. The second-order valence-corrected chi connectivity index (χ2v) is 4.96. The molecule has 0 fully saturated rings. The van der Waals surface area contributed by atoms with Gasteiger partial charge in [-0.2, -0.15) is 17.5 Å². The fourth-order valence-electron chi connectivity index (χ4n) is 1.07. The van der Waals surface area contributed by atoms with E-state index in [0.29, 0.717) is 16.9 Å². The Morgan fingerprint density at radius 2 is 2.11 bits per heavy atom. The van der Waals surface area contributed by atoms with E-state index in [1.807, 2.05) is 0 Å². The molecular weight excluding hydrogens is 267 g/mol. The van der Waals surface area contributed by atoms with Crippen molar-refractivity contribution in [1.82, 2.24) is 9.36 Å². The van der Waals surface area contributed by atoms with Gasteiger partial charge in [0.25, 0.3) is 0 Å². The maximum absolute atomic E-state index is 11.8. The first-order valence-corrected chi connectivity index (χ1v) is 6.35. The number of anilines is 1. The number of halogens is 3. The molecule has 18 heavy (non-hydrogen) atoms. The van der Waals surface area contributed by atoms with Crippen molar-refractivity contribution in [2.75, 3.05) is 25.1 Å². The fourth-order valence-corrected chi connectivity index (χ4v) is 1.69. The highest BCUT2D eigenvalue weighted by atomic mass is 32.1. The largest absolute Gasteiger partial charge is 0.411 e. The minimum Gasteiger partial charge on any atom is -0.372 e. The molecule has 0 unspecified atom stereocenters. The molecule has 0 spiro atoms. The van der Waals surface area contributed by atoms with Crippen LogP contribution in [0.5, 0.6) is 0 Å². The van der Waals surface area contributed by atoms with Crippen LogP contribution < -0.4 is 5.32 Å². The van der Waals surface area contributed by atoms with Crippen molar-refractivity contribution in [1.29, 1.82) is 0 Å². The Morgan fingerprint density at radius 3 is 2.72 bits per heavy atom. The lowest BCUT2D eigenvalue weighted by Gasteiger charge is -2.06. The number of nitrogens with zero attached hydrogens (tertiary/aromatic N) is 2. The maximum Gasteiger partial charge on any atom is 0.411 e. The lowest BCUT2D eigenvalue weighted by Crippen LogP contribution is -2.18. The third-order valence-corrected chi connectivity index (χ3v) is 2.58. The van der Waals surface area contributed by atoms with Crippen molar-refractivity contribution in [2.24, 2.45) is 5.92 Å². The van der Waals surface area contributed by atoms with Crippen LogP contribution in [0.2, 0.25) is 0 Å². The third kappa shape index (κ3) is 6.75. The topological polar surface area (TPSA) is 47.0 Å². The maximum atomic E-state index is 11.8. The van der Waals surface area contributed by atoms with E-state index in [-0.39, 0.29) is 13.0 Å². The van der Waals surface area contributed by atoms with Crippen LogP contribution >= 0.6 is 11.5 Å². The summed E-state index contributed by atoms with van der Waals surface area (Å²) in [5.74, 6) is 1.00. The minimum absolute atomic E-state index is 0.0279. The summed E-state index contributed by atoms with van der Waals surface area (Å²) in [6, 6.07) is 0. The molecular formula is C10H16F3N3OS. The van der Waals surface area contributed by atoms with E-state index in [2.05, 4.69) is 33.3 Å². The first-order valence-electron chi connectivity index (χ1n) is 5.58. The molecule has 1 aromatic rings. The number of nitrogens with one attached hydrogen (secondary N) is 1. The van der Waals surface area contributed by atoms with E-state index in [1.165, 1.54) is 11.5 Å². The van der Waals surface area contributed by atoms with E-state index >= 15 is 0 Å². The quantitative estimate of drug-likeness (QED) is 0.782. The number of hydrogen-bond acceptors (Lipinski definition) is 5. The van der Waals surface area contributed by atoms with Gasteiger partial charge in [-0.15, -0.1) is 0 Å². The van der Waals surface area contributed by atoms with E-state index in [0.717, 1.165) is 6.54 Å². The van der Waals surface area contributed by atoms with Gasteiger partial charge in [0.1, 0.15) is 12.4 Å². The van der Waals surface area contributed by atoms with Gasteiger partial charge in [0, 0.05) is 24.5 Å². The highest BCUT2D eigenvalue weighted by molar-refractivity contribution is 7.09. The zero-order chi connectivity index (χ0) is 13.6. The molecule has 1 aromatic heterocycles. The average Bonchev–Trinajstić information content (AvgIpc) is 2.68. The van der Waals surface area contributed by atoms with Gasteiger partial charge in [0.05, 0.1) is 6.61 Å². The van der Waals surface area contributed by atoms with Crippen LogP contribution in [0.4, 0.5) is 18.3 Å². The summed E-state index contributed by atoms with van der Waals surface area (Å²) < 4.78 is 43.9. The summed E-state index contributed by atoms with van der Waals surface area (Å²) in [5.41, 5.74) is 0. The van der Waals surface area contributed by atoms with Crippen molar-refractivity contribution in [3.63, 3.8) is 0 Å². The van der Waals surface area contributed by atoms with Gasteiger partial charge in [-0.1, -0.05) is 13.8 Å². The molecule has 0 radical (unpaired) electrons. The van der Waals surface area contributed by atoms with Gasteiger partial charge in [0.15, 0.2) is 0 Å². The Balaban J connectivity index is 2.23. The molecule has 0 bridgehead atoms. The minimum atomic E-state index is -4.28. The number of alkyl halides is 3. The van der Waals surface area contributed by atoms with Crippen molar-refractivity contribution < 1.29 is 17.9 Å². The average molecular weight is 283 g/mol. The monoisotopic (exact) mass is 283 g/mol. The molecule has 0 saturated carbocycles. The van der Waals surface area contributed by atoms with Gasteiger partial charge in [-0.05, 0) is 5.92 Å². The molecule has 0 aromatic carbocycles. The predicted octanol–water partition coefficient (Wildman–Crippen LogP) is 2.73. The molecule has 1 rings (SSSR count). The Hall–Kier alpha value is -0.890. The molecule has 0 amide bonds. The Bertz CT molecular complexity index is 354. The lowest BCUT2D eigenvalue weighted by atomic mass is 10.2. The SMILES string of the molecule is CC(C)CNc1nc(CCOCC(F)(F)F)ns1. The van der Waals surface area contributed by atoms with Crippen molar-refractivity contribution in [3.8, 4) is 0 Å². The standard InChI is InChI=1S/C10H16F3N3OS/c1-7(2)5-14-9-15-8(16-18-9)3-4-17-6-10(11,12)13/h7H,3-6H2,1-2H3,(H,14,15,16). The molecule has 0 aliphatic carbocycles. The number of aromatic nitrogens is 2. The highest BCUT2D eigenvalue weighted by Crippen LogP contribution is 2.15. The van der Waals surface area contributed by atoms with Gasteiger partial charge in [-0.3, -0.25) is 0 Å². The molecule has 0 saturated heterocycles. The predicted molar refractivity (Wildman–Crippen MR) is 63.8 cm³/mol. The van der Waals surface area contributed by atoms with Crippen molar-refractivity contribution in [3.05, 3.63) is 5.82 Å². The van der Waals surface area contributed by atoms with Crippen LogP contribution in [0.25, 0.3) is 0 Å². The molecule has 8 heteroatoms. The first kappa shape index (κ1) is 15.2. The Morgan fingerprint density at radius 1 is 1.39 bits per heavy atom. The smallest absolute Gasteiger partial charge is 0.372 e. The van der Waals surface area contributed by atoms with Crippen LogP contribution in [0.1, 0.15) is 19.7 Å². The number of ether oxygens (including phenoxy) is 1. The van der Waals surface area contributed by atoms with Crippen LogP contribution in [0.3, 0.4) is 0 Å². The normalized spacial score (nSPS) is 12.1. The molecule has 0 atom stereocenters. The molecule has 104 valence electrons. The second-order valence-electron chi connectivity index (χ2n) is 4.21. The summed E-state index contributed by atoms with van der Waals surface area (Å²) in [6.07, 6.45) is -3.99. The van der Waals surface area contributed by atoms with Crippen LogP contribution in [-0.2, 0) is 11.2 Å². The summed E-state index contributed by atoms with van der Waals surface area (Å²) in [6.45, 7) is 3.68. The van der Waals surface area contributed by atoms with Crippen LogP contribution in [-0.4, -0.2) is 35.3 Å². The summed E-state index contributed by atoms with van der Waals surface area (Å²) in [5, 5.41) is 3.79. The number of hydrogen-bond donors (Lipinski definition) is 1. The van der Waals surface area contributed by atoms with Gasteiger partial charge >= 0.3 is 6.18 Å². The zero-order valence-corrected chi connectivity index (χ0v) is 11.1. The number of rotatable bonds is 7. The Labute approximate surface area is 108 Å². The van der Waals surface area contributed by atoms with E-state index < -0.39 is 12.8 Å². The van der Waals surface area contributed by atoms with Gasteiger partial charge < -0.3 is 10.1 Å². The second kappa shape index (κ2) is 6.89. The van der Waals surface area contributed by atoms with Crippen LogP contribution in [0, 0.1) is 5.92 Å². The third-order valence-electron chi connectivity index (χ3n) is 1.87. The van der Waals surface area contributed by atoms with Gasteiger partial charge in [0.2, 0.25) is 5.13 Å². The van der Waals surface area contributed by atoms with Crippen molar-refractivity contribution >= 4 is 16.7 Å². The first-order chi connectivity index (χ1) is 8.37. The van der Waals surface area contributed by atoms with Crippen molar-refractivity contribution in [2.45, 2.75) is 26.4 Å². The van der Waals surface area contributed by atoms with Gasteiger partial charge in [-0.25, -0.2) is 4.98 Å². The summed E-state index contributed by atoms with van der Waals surface area (Å²) in [7, 11) is 0. The summed E-state index contributed by atoms with van der Waals surface area (Å²) >= 11 is 1.21. The van der Waals surface area contributed by atoms with E-state index in [1.54, 1.807) is 0 Å². The highest BCUT2D eigenvalue weighted by Gasteiger charge is 2.27. The molecule has 0 aliphatic heterocycles. The zero-order valence-electron chi connectivity index (χ0n) is 10.3. The lowest BCUT2D eigenvalue weighted by molar-refractivity contribution is -0.173. The van der Waals surface area contributed by atoms with Crippen LogP contribution in [0.15, 0.2) is 0 Å². The summed E-state index contributed by atoms with van der Waals surface area (Å²) in [4.78, 5) is 4.15. The Kier molecular flexibility index (Phi) is 5.80. The fraction of sp³-hybridized carbons (Fsp3) is 0.800. The van der Waals surface area contributed by atoms with E-state index in [4.69, 9.17) is 0 Å². The van der Waals surface area contributed by atoms with E-state index in [9.17, 15) is 13.2 Å². The molecule has 0 aliphatic rings. The molecule has 4 nitrogen and oxygen atoms in total.